The fraction of sp³-hybridized carbons (Fsp3) is 0.0952. The molecule has 0 fully saturated rings. The lowest BCUT2D eigenvalue weighted by molar-refractivity contribution is 0.0688. The van der Waals surface area contributed by atoms with Crippen LogP contribution in [0.3, 0.4) is 0 Å². The van der Waals surface area contributed by atoms with Crippen LogP contribution in [0.25, 0.3) is 11.3 Å². The first-order valence-corrected chi connectivity index (χ1v) is 9.27. The second-order valence-corrected chi connectivity index (χ2v) is 7.02. The number of hydrogen-bond donors (Lipinski definition) is 0. The summed E-state index contributed by atoms with van der Waals surface area (Å²) in [5.41, 5.74) is 0.714. The molecule has 0 unspecified atom stereocenters. The lowest BCUT2D eigenvalue weighted by Crippen LogP contribution is -2.29. The highest BCUT2D eigenvalue weighted by Gasteiger charge is 2.21. The highest BCUT2D eigenvalue weighted by atomic mass is 32.1. The molecule has 27 heavy (non-hydrogen) atoms. The van der Waals surface area contributed by atoms with E-state index in [4.69, 9.17) is 8.83 Å². The van der Waals surface area contributed by atoms with Crippen LogP contribution in [-0.2, 0) is 13.1 Å². The zero-order valence-corrected chi connectivity index (χ0v) is 15.1. The second-order valence-electron chi connectivity index (χ2n) is 5.99. The van der Waals surface area contributed by atoms with Gasteiger partial charge in [0, 0.05) is 10.4 Å². The van der Waals surface area contributed by atoms with Crippen molar-refractivity contribution in [3.8, 4) is 11.3 Å². The average molecular weight is 381 g/mol. The van der Waals surface area contributed by atoms with Gasteiger partial charge in [-0.15, -0.1) is 11.3 Å². The Hall–Kier alpha value is -3.12. The zero-order chi connectivity index (χ0) is 18.6. The Morgan fingerprint density at radius 1 is 1.00 bits per heavy atom. The fourth-order valence-electron chi connectivity index (χ4n) is 2.76. The molecule has 0 radical (unpaired) electrons. The van der Waals surface area contributed by atoms with Crippen molar-refractivity contribution in [2.24, 2.45) is 0 Å². The average Bonchev–Trinajstić information content (AvgIpc) is 3.44. The van der Waals surface area contributed by atoms with Crippen LogP contribution in [0.15, 0.2) is 81.1 Å². The molecule has 4 rings (SSSR count). The number of carbonyl (C=O) groups excluding carboxylic acids is 1. The fourth-order valence-corrected chi connectivity index (χ4v) is 3.48. The molecule has 0 bridgehead atoms. The van der Waals surface area contributed by atoms with Gasteiger partial charge in [0.15, 0.2) is 5.76 Å². The third-order valence-electron chi connectivity index (χ3n) is 4.09. The molecule has 0 saturated carbocycles. The van der Waals surface area contributed by atoms with Gasteiger partial charge in [-0.1, -0.05) is 6.07 Å². The Morgan fingerprint density at radius 2 is 1.85 bits per heavy atom. The molecule has 3 aromatic heterocycles. The van der Waals surface area contributed by atoms with Gasteiger partial charge in [-0.3, -0.25) is 4.79 Å². The lowest BCUT2D eigenvalue weighted by atomic mass is 10.2. The van der Waals surface area contributed by atoms with Crippen LogP contribution in [0, 0.1) is 5.82 Å². The van der Waals surface area contributed by atoms with E-state index >= 15 is 0 Å². The Kier molecular flexibility index (Phi) is 4.89. The SMILES string of the molecule is O=C(c1ccc(-c2ccc(F)cc2)o1)N(Cc1ccco1)Cc1cccs1. The first-order chi connectivity index (χ1) is 13.2. The monoisotopic (exact) mass is 381 g/mol. The second kappa shape index (κ2) is 7.63. The van der Waals surface area contributed by atoms with E-state index in [1.807, 2.05) is 23.6 Å². The van der Waals surface area contributed by atoms with Crippen molar-refractivity contribution in [1.82, 2.24) is 4.90 Å². The minimum absolute atomic E-state index is 0.229. The van der Waals surface area contributed by atoms with Crippen molar-refractivity contribution in [3.05, 3.63) is 94.5 Å². The Balaban J connectivity index is 1.58. The maximum atomic E-state index is 13.1. The van der Waals surface area contributed by atoms with Crippen LogP contribution in [0.5, 0.6) is 0 Å². The molecule has 0 atom stereocenters. The normalized spacial score (nSPS) is 10.9. The molecule has 0 aliphatic heterocycles. The summed E-state index contributed by atoms with van der Waals surface area (Å²) in [4.78, 5) is 15.8. The molecule has 0 spiro atoms. The molecule has 3 heterocycles. The van der Waals surface area contributed by atoms with Crippen molar-refractivity contribution < 1.29 is 18.0 Å². The van der Waals surface area contributed by atoms with Crippen LogP contribution in [0.4, 0.5) is 4.39 Å². The summed E-state index contributed by atoms with van der Waals surface area (Å²) in [6.45, 7) is 0.806. The summed E-state index contributed by atoms with van der Waals surface area (Å²) >= 11 is 1.59. The van der Waals surface area contributed by atoms with Crippen LogP contribution < -0.4 is 0 Å². The number of rotatable bonds is 6. The Morgan fingerprint density at radius 3 is 2.56 bits per heavy atom. The molecule has 0 N–H and O–H groups in total. The number of furan rings is 2. The number of amides is 1. The molecular weight excluding hydrogens is 365 g/mol. The summed E-state index contributed by atoms with van der Waals surface area (Å²) in [7, 11) is 0. The van der Waals surface area contributed by atoms with E-state index in [1.165, 1.54) is 12.1 Å². The molecule has 1 amide bonds. The minimum Gasteiger partial charge on any atom is -0.467 e. The van der Waals surface area contributed by atoms with Gasteiger partial charge in [0.1, 0.15) is 17.3 Å². The van der Waals surface area contributed by atoms with E-state index in [-0.39, 0.29) is 17.5 Å². The molecule has 0 saturated heterocycles. The van der Waals surface area contributed by atoms with Crippen molar-refractivity contribution in [3.63, 3.8) is 0 Å². The predicted octanol–water partition coefficient (Wildman–Crippen LogP) is 5.58. The highest BCUT2D eigenvalue weighted by molar-refractivity contribution is 7.09. The van der Waals surface area contributed by atoms with E-state index in [0.29, 0.717) is 30.2 Å². The molecule has 1 aromatic carbocycles. The highest BCUT2D eigenvalue weighted by Crippen LogP contribution is 2.24. The minimum atomic E-state index is -0.317. The number of benzene rings is 1. The molecule has 136 valence electrons. The number of thiophene rings is 1. The van der Waals surface area contributed by atoms with Gasteiger partial charge in [-0.2, -0.15) is 0 Å². The smallest absolute Gasteiger partial charge is 0.290 e. The third kappa shape index (κ3) is 4.01. The molecule has 0 aliphatic carbocycles. The van der Waals surface area contributed by atoms with Crippen LogP contribution in [-0.4, -0.2) is 10.8 Å². The summed E-state index contributed by atoms with van der Waals surface area (Å²) in [5, 5.41) is 1.98. The number of halogens is 1. The largest absolute Gasteiger partial charge is 0.467 e. The number of nitrogens with zero attached hydrogens (tertiary/aromatic N) is 1. The van der Waals surface area contributed by atoms with Crippen LogP contribution >= 0.6 is 11.3 Å². The van der Waals surface area contributed by atoms with E-state index in [9.17, 15) is 9.18 Å². The van der Waals surface area contributed by atoms with E-state index in [0.717, 1.165) is 4.88 Å². The van der Waals surface area contributed by atoms with Gasteiger partial charge < -0.3 is 13.7 Å². The molecular formula is C21H16FNO3S. The quantitative estimate of drug-likeness (QED) is 0.438. The van der Waals surface area contributed by atoms with Gasteiger partial charge in [-0.05, 0) is 60.0 Å². The van der Waals surface area contributed by atoms with Gasteiger partial charge in [-0.25, -0.2) is 4.39 Å². The van der Waals surface area contributed by atoms with Crippen molar-refractivity contribution in [2.45, 2.75) is 13.1 Å². The van der Waals surface area contributed by atoms with Crippen molar-refractivity contribution in [2.75, 3.05) is 0 Å². The summed E-state index contributed by atoms with van der Waals surface area (Å²) in [5.74, 6) is 0.908. The van der Waals surface area contributed by atoms with E-state index in [2.05, 4.69) is 0 Å². The molecule has 4 aromatic rings. The van der Waals surface area contributed by atoms with E-state index < -0.39 is 0 Å². The number of carbonyl (C=O) groups is 1. The molecule has 6 heteroatoms. The van der Waals surface area contributed by atoms with Gasteiger partial charge in [0.05, 0.1) is 19.4 Å². The maximum absolute atomic E-state index is 13.1. The Bertz CT molecular complexity index is 968. The van der Waals surface area contributed by atoms with Gasteiger partial charge in [0.25, 0.3) is 5.91 Å². The maximum Gasteiger partial charge on any atom is 0.290 e. The lowest BCUT2D eigenvalue weighted by Gasteiger charge is -2.19. The summed E-state index contributed by atoms with van der Waals surface area (Å²) in [6.07, 6.45) is 1.59. The standard InChI is InChI=1S/C21H16FNO3S/c22-16-7-5-15(6-8-16)19-9-10-20(26-19)21(24)23(13-17-3-1-11-25-17)14-18-4-2-12-27-18/h1-12H,13-14H2. The van der Waals surface area contributed by atoms with Crippen LogP contribution in [0.2, 0.25) is 0 Å². The molecule has 4 nitrogen and oxygen atoms in total. The molecule has 0 aliphatic rings. The zero-order valence-electron chi connectivity index (χ0n) is 14.3. The van der Waals surface area contributed by atoms with Crippen molar-refractivity contribution >= 4 is 17.2 Å². The number of hydrogen-bond acceptors (Lipinski definition) is 4. The summed E-state index contributed by atoms with van der Waals surface area (Å²) < 4.78 is 24.3. The van der Waals surface area contributed by atoms with Crippen LogP contribution in [0.1, 0.15) is 21.2 Å². The Labute approximate surface area is 159 Å². The van der Waals surface area contributed by atoms with Crippen molar-refractivity contribution in [1.29, 1.82) is 0 Å². The van der Waals surface area contributed by atoms with Gasteiger partial charge >= 0.3 is 0 Å². The van der Waals surface area contributed by atoms with Gasteiger partial charge in [0.2, 0.25) is 0 Å². The first kappa shape index (κ1) is 17.3. The topological polar surface area (TPSA) is 46.6 Å². The first-order valence-electron chi connectivity index (χ1n) is 8.39. The third-order valence-corrected chi connectivity index (χ3v) is 4.95. The predicted molar refractivity (Wildman–Crippen MR) is 101 cm³/mol. The summed E-state index contributed by atoms with van der Waals surface area (Å²) in [6, 6.07) is 16.9. The van der Waals surface area contributed by atoms with E-state index in [1.54, 1.807) is 52.8 Å².